The highest BCUT2D eigenvalue weighted by Gasteiger charge is 2.11. The maximum atomic E-state index is 10.8. The molecule has 7 heteroatoms. The summed E-state index contributed by atoms with van der Waals surface area (Å²) in [5.74, 6) is 0.370. The van der Waals surface area contributed by atoms with Gasteiger partial charge in [0.1, 0.15) is 0 Å². The van der Waals surface area contributed by atoms with Crippen molar-refractivity contribution in [2.75, 3.05) is 0 Å². The molecule has 21 heavy (non-hydrogen) atoms. The molecule has 7 nitrogen and oxygen atoms in total. The highest BCUT2D eigenvalue weighted by molar-refractivity contribution is 5.58. The summed E-state index contributed by atoms with van der Waals surface area (Å²) in [5, 5.41) is 22.9. The average Bonchev–Trinajstić information content (AvgIpc) is 2.97. The molecular formula is C14H11N5O2. The number of benzene rings is 2. The summed E-state index contributed by atoms with van der Waals surface area (Å²) in [7, 11) is 0. The molecule has 0 amide bonds. The van der Waals surface area contributed by atoms with Gasteiger partial charge >= 0.3 is 0 Å². The molecule has 0 saturated heterocycles. The topological polar surface area (TPSA) is 86.7 Å². The molecule has 1 aromatic heterocycles. The first kappa shape index (κ1) is 12.9. The summed E-state index contributed by atoms with van der Waals surface area (Å²) in [6.45, 7) is 0.503. The maximum Gasteiger partial charge on any atom is 0.270 e. The van der Waals surface area contributed by atoms with Gasteiger partial charge in [-0.2, -0.15) is 4.80 Å². The van der Waals surface area contributed by atoms with Gasteiger partial charge in [-0.15, -0.1) is 10.2 Å². The lowest BCUT2D eigenvalue weighted by Gasteiger charge is -1.98. The van der Waals surface area contributed by atoms with Crippen molar-refractivity contribution in [3.05, 3.63) is 70.3 Å². The van der Waals surface area contributed by atoms with Crippen LogP contribution in [0.4, 0.5) is 5.69 Å². The molecule has 0 bridgehead atoms. The van der Waals surface area contributed by atoms with E-state index in [4.69, 9.17) is 0 Å². The largest absolute Gasteiger partial charge is 0.270 e. The molecule has 0 radical (unpaired) electrons. The maximum absolute atomic E-state index is 10.8. The van der Waals surface area contributed by atoms with Crippen molar-refractivity contribution >= 4 is 5.69 Å². The zero-order chi connectivity index (χ0) is 14.7. The van der Waals surface area contributed by atoms with Crippen molar-refractivity contribution in [2.45, 2.75) is 6.54 Å². The van der Waals surface area contributed by atoms with E-state index in [0.29, 0.717) is 17.9 Å². The summed E-state index contributed by atoms with van der Waals surface area (Å²) in [5.41, 5.74) is 1.64. The van der Waals surface area contributed by atoms with Gasteiger partial charge in [0.25, 0.3) is 5.69 Å². The van der Waals surface area contributed by atoms with Crippen molar-refractivity contribution in [3.63, 3.8) is 0 Å². The number of hydrogen-bond acceptors (Lipinski definition) is 5. The van der Waals surface area contributed by atoms with E-state index >= 15 is 0 Å². The first-order valence-electron chi connectivity index (χ1n) is 6.29. The molecule has 104 valence electrons. The van der Waals surface area contributed by atoms with Crippen molar-refractivity contribution in [3.8, 4) is 11.4 Å². The second-order valence-electron chi connectivity index (χ2n) is 4.44. The molecule has 2 aromatic carbocycles. The van der Waals surface area contributed by atoms with E-state index in [2.05, 4.69) is 15.4 Å². The van der Waals surface area contributed by atoms with Gasteiger partial charge in [-0.25, -0.2) is 0 Å². The molecule has 0 aliphatic carbocycles. The number of rotatable bonds is 4. The third-order valence-electron chi connectivity index (χ3n) is 2.93. The van der Waals surface area contributed by atoms with Crippen molar-refractivity contribution in [1.29, 1.82) is 0 Å². The van der Waals surface area contributed by atoms with Crippen molar-refractivity contribution in [1.82, 2.24) is 20.2 Å². The lowest BCUT2D eigenvalue weighted by atomic mass is 10.2. The first-order chi connectivity index (χ1) is 10.2. The molecule has 0 fully saturated rings. The fourth-order valence-corrected chi connectivity index (χ4v) is 1.93. The molecule has 0 atom stereocenters. The fourth-order valence-electron chi connectivity index (χ4n) is 1.93. The summed E-state index contributed by atoms with van der Waals surface area (Å²) in [6.07, 6.45) is 0. The normalized spacial score (nSPS) is 10.5. The summed E-state index contributed by atoms with van der Waals surface area (Å²) >= 11 is 0. The highest BCUT2D eigenvalue weighted by Crippen LogP contribution is 2.20. The van der Waals surface area contributed by atoms with Crippen LogP contribution in [-0.4, -0.2) is 25.1 Å². The van der Waals surface area contributed by atoms with Crippen LogP contribution in [0.25, 0.3) is 11.4 Å². The third kappa shape index (κ3) is 2.92. The molecule has 1 heterocycles. The Kier molecular flexibility index (Phi) is 3.38. The van der Waals surface area contributed by atoms with Crippen LogP contribution in [0.2, 0.25) is 0 Å². The minimum absolute atomic E-state index is 0.00640. The number of non-ortho nitro benzene ring substituents is 1. The van der Waals surface area contributed by atoms with Crippen LogP contribution in [0.15, 0.2) is 54.6 Å². The SMILES string of the molecule is O=[N+]([O-])c1cccc(-c2nnn(Cc3ccccc3)n2)c1. The van der Waals surface area contributed by atoms with E-state index < -0.39 is 4.92 Å². The number of aromatic nitrogens is 4. The lowest BCUT2D eigenvalue weighted by molar-refractivity contribution is -0.384. The molecule has 0 aliphatic rings. The number of nitro groups is 1. The number of nitrogens with zero attached hydrogens (tertiary/aromatic N) is 5. The van der Waals surface area contributed by atoms with E-state index in [-0.39, 0.29) is 5.69 Å². The summed E-state index contributed by atoms with van der Waals surface area (Å²) in [4.78, 5) is 11.8. The molecule has 0 saturated carbocycles. The summed E-state index contributed by atoms with van der Waals surface area (Å²) < 4.78 is 0. The molecule has 0 spiro atoms. The van der Waals surface area contributed by atoms with Gasteiger partial charge in [-0.1, -0.05) is 42.5 Å². The Bertz CT molecular complexity index is 770. The van der Waals surface area contributed by atoms with Gasteiger partial charge in [-0.05, 0) is 10.8 Å². The predicted octanol–water partition coefficient (Wildman–Crippen LogP) is 2.30. The Hall–Kier alpha value is -3.09. The van der Waals surface area contributed by atoms with Gasteiger partial charge < -0.3 is 0 Å². The lowest BCUT2D eigenvalue weighted by Crippen LogP contribution is -2.03. The minimum atomic E-state index is -0.447. The number of hydrogen-bond donors (Lipinski definition) is 0. The standard InChI is InChI=1S/C14H11N5O2/c20-19(21)13-8-4-7-12(9-13)14-15-17-18(16-14)10-11-5-2-1-3-6-11/h1-9H,10H2. The second-order valence-corrected chi connectivity index (χ2v) is 4.44. The Labute approximate surface area is 120 Å². The Morgan fingerprint density at radius 2 is 1.90 bits per heavy atom. The molecular weight excluding hydrogens is 270 g/mol. The molecule has 3 rings (SSSR count). The van der Waals surface area contributed by atoms with E-state index in [0.717, 1.165) is 5.56 Å². The van der Waals surface area contributed by atoms with Gasteiger partial charge in [0.2, 0.25) is 5.82 Å². The van der Waals surface area contributed by atoms with E-state index in [1.165, 1.54) is 16.9 Å². The molecule has 0 unspecified atom stereocenters. The zero-order valence-corrected chi connectivity index (χ0v) is 11.0. The molecule has 0 aliphatic heterocycles. The molecule has 3 aromatic rings. The van der Waals surface area contributed by atoms with Crippen molar-refractivity contribution in [2.24, 2.45) is 0 Å². The van der Waals surface area contributed by atoms with Crippen LogP contribution < -0.4 is 0 Å². The van der Waals surface area contributed by atoms with Gasteiger partial charge in [0.15, 0.2) is 0 Å². The van der Waals surface area contributed by atoms with E-state index in [1.54, 1.807) is 12.1 Å². The Balaban J connectivity index is 1.85. The third-order valence-corrected chi connectivity index (χ3v) is 2.93. The predicted molar refractivity (Wildman–Crippen MR) is 75.5 cm³/mol. The van der Waals surface area contributed by atoms with Crippen LogP contribution in [0.3, 0.4) is 0 Å². The monoisotopic (exact) mass is 281 g/mol. The second kappa shape index (κ2) is 5.49. The van der Waals surface area contributed by atoms with Crippen LogP contribution in [-0.2, 0) is 6.54 Å². The van der Waals surface area contributed by atoms with Crippen LogP contribution in [0.5, 0.6) is 0 Å². The van der Waals surface area contributed by atoms with Crippen LogP contribution >= 0.6 is 0 Å². The fraction of sp³-hybridized carbons (Fsp3) is 0.0714. The number of tetrazole rings is 1. The minimum Gasteiger partial charge on any atom is -0.258 e. The van der Waals surface area contributed by atoms with Crippen molar-refractivity contribution < 1.29 is 4.92 Å². The van der Waals surface area contributed by atoms with Gasteiger partial charge in [0, 0.05) is 17.7 Å². The Morgan fingerprint density at radius 1 is 1.10 bits per heavy atom. The molecule has 0 N–H and O–H groups in total. The average molecular weight is 281 g/mol. The summed E-state index contributed by atoms with van der Waals surface area (Å²) in [6, 6.07) is 15.9. The van der Waals surface area contributed by atoms with Gasteiger partial charge in [-0.3, -0.25) is 10.1 Å². The van der Waals surface area contributed by atoms with Crippen LogP contribution in [0, 0.1) is 10.1 Å². The van der Waals surface area contributed by atoms with Crippen LogP contribution in [0.1, 0.15) is 5.56 Å². The van der Waals surface area contributed by atoms with E-state index in [1.807, 2.05) is 30.3 Å². The zero-order valence-electron chi connectivity index (χ0n) is 11.0. The smallest absolute Gasteiger partial charge is 0.258 e. The quantitative estimate of drug-likeness (QED) is 0.541. The highest BCUT2D eigenvalue weighted by atomic mass is 16.6. The first-order valence-corrected chi connectivity index (χ1v) is 6.29. The Morgan fingerprint density at radius 3 is 2.67 bits per heavy atom. The van der Waals surface area contributed by atoms with Gasteiger partial charge in [0.05, 0.1) is 11.5 Å². The van der Waals surface area contributed by atoms with E-state index in [9.17, 15) is 10.1 Å². The number of nitro benzene ring substituents is 1.